The zero-order valence-corrected chi connectivity index (χ0v) is 13.3. The Morgan fingerprint density at radius 3 is 2.29 bits per heavy atom. The van der Waals surface area contributed by atoms with Crippen LogP contribution in [-0.2, 0) is 9.59 Å². The molecule has 0 bridgehead atoms. The minimum atomic E-state index is -1.13. The molecule has 0 spiro atoms. The number of hydrogen-bond acceptors (Lipinski definition) is 6. The molecule has 12 heteroatoms. The fourth-order valence-electron chi connectivity index (χ4n) is 1.68. The zero-order chi connectivity index (χ0) is 18.5. The molecule has 0 saturated heterocycles. The lowest BCUT2D eigenvalue weighted by atomic mass is 10.1. The molecule has 24 heavy (non-hydrogen) atoms. The van der Waals surface area contributed by atoms with Gasteiger partial charge in [-0.15, -0.1) is 0 Å². The van der Waals surface area contributed by atoms with Gasteiger partial charge < -0.3 is 33.4 Å². The van der Waals surface area contributed by atoms with E-state index in [0.29, 0.717) is 25.8 Å². The Morgan fingerprint density at radius 1 is 1.08 bits per heavy atom. The molecule has 0 aliphatic heterocycles. The Morgan fingerprint density at radius 2 is 1.75 bits per heavy atom. The SMILES string of the molecule is NC(=O)NCCC[C@H](N)C(=O)NN[C@@H](CCCN=C(N)N)C(=O)O. The Kier molecular flexibility index (Phi) is 10.6. The molecule has 2 atom stereocenters. The fraction of sp³-hybridized carbons (Fsp3) is 0.667. The molecule has 12 N–H and O–H groups in total. The van der Waals surface area contributed by atoms with Gasteiger partial charge in [0.05, 0.1) is 6.04 Å². The number of aliphatic imine (C=N–C) groups is 1. The van der Waals surface area contributed by atoms with E-state index < -0.39 is 30.0 Å². The Labute approximate surface area is 139 Å². The number of amides is 3. The Balaban J connectivity index is 4.09. The van der Waals surface area contributed by atoms with Crippen molar-refractivity contribution in [3.8, 4) is 0 Å². The van der Waals surface area contributed by atoms with Crippen LogP contribution < -0.4 is 39.1 Å². The first kappa shape index (κ1) is 21.4. The summed E-state index contributed by atoms with van der Waals surface area (Å²) in [6.07, 6.45) is 1.39. The lowest BCUT2D eigenvalue weighted by Gasteiger charge is -2.17. The van der Waals surface area contributed by atoms with Crippen LogP contribution in [-0.4, -0.2) is 54.1 Å². The number of hydrazine groups is 1. The minimum Gasteiger partial charge on any atom is -0.480 e. The van der Waals surface area contributed by atoms with Gasteiger partial charge in [-0.1, -0.05) is 0 Å². The molecule has 0 aliphatic rings. The van der Waals surface area contributed by atoms with Gasteiger partial charge in [0, 0.05) is 13.1 Å². The highest BCUT2D eigenvalue weighted by molar-refractivity contribution is 5.81. The van der Waals surface area contributed by atoms with Crippen molar-refractivity contribution in [1.29, 1.82) is 0 Å². The fourth-order valence-corrected chi connectivity index (χ4v) is 1.68. The maximum Gasteiger partial charge on any atom is 0.322 e. The van der Waals surface area contributed by atoms with Crippen molar-refractivity contribution in [2.24, 2.45) is 27.9 Å². The largest absolute Gasteiger partial charge is 0.480 e. The number of nitrogens with zero attached hydrogens (tertiary/aromatic N) is 1. The molecule has 0 fully saturated rings. The monoisotopic (exact) mass is 346 g/mol. The van der Waals surface area contributed by atoms with E-state index in [4.69, 9.17) is 28.0 Å². The number of rotatable bonds is 12. The van der Waals surface area contributed by atoms with E-state index in [-0.39, 0.29) is 18.9 Å². The second-order valence-electron chi connectivity index (χ2n) is 5.01. The molecule has 12 nitrogen and oxygen atoms in total. The normalized spacial score (nSPS) is 12.7. The predicted molar refractivity (Wildman–Crippen MR) is 87.4 cm³/mol. The van der Waals surface area contributed by atoms with Crippen molar-refractivity contribution in [2.45, 2.75) is 37.8 Å². The van der Waals surface area contributed by atoms with Crippen LogP contribution in [0.1, 0.15) is 25.7 Å². The molecule has 0 aromatic rings. The van der Waals surface area contributed by atoms with E-state index >= 15 is 0 Å². The number of hydrogen-bond donors (Lipinski definition) is 8. The third kappa shape index (κ3) is 11.0. The summed E-state index contributed by atoms with van der Waals surface area (Å²) in [6, 6.07) is -2.49. The van der Waals surface area contributed by atoms with E-state index in [1.807, 2.05) is 0 Å². The van der Waals surface area contributed by atoms with Crippen LogP contribution in [0.2, 0.25) is 0 Å². The molecule has 138 valence electrons. The lowest BCUT2D eigenvalue weighted by molar-refractivity contribution is -0.140. The minimum absolute atomic E-state index is 0.0695. The summed E-state index contributed by atoms with van der Waals surface area (Å²) in [5, 5.41) is 11.4. The smallest absolute Gasteiger partial charge is 0.322 e. The van der Waals surface area contributed by atoms with Crippen LogP contribution >= 0.6 is 0 Å². The second-order valence-corrected chi connectivity index (χ2v) is 5.01. The number of carbonyl (C=O) groups is 3. The van der Waals surface area contributed by atoms with Crippen LogP contribution in [0.4, 0.5) is 4.79 Å². The summed E-state index contributed by atoms with van der Waals surface area (Å²) in [5.41, 5.74) is 25.6. The molecule has 3 amide bonds. The standard InChI is InChI=1S/C12H26N8O4/c13-7(3-1-6-18-12(16)24)9(21)20-19-8(10(22)23)4-2-5-17-11(14)15/h7-8,19H,1-6,13H2,(H,20,21)(H,22,23)(H4,14,15,17)(H3,16,18,24)/t7-,8-/m0/s1. The van der Waals surface area contributed by atoms with Crippen molar-refractivity contribution >= 4 is 23.9 Å². The summed E-state index contributed by atoms with van der Waals surface area (Å²) < 4.78 is 0. The highest BCUT2D eigenvalue weighted by Crippen LogP contribution is 1.98. The number of nitrogens with two attached hydrogens (primary N) is 4. The summed E-state index contributed by atoms with van der Waals surface area (Å²) in [4.78, 5) is 37.1. The number of primary amides is 1. The van der Waals surface area contributed by atoms with Crippen LogP contribution in [0, 0.1) is 0 Å². The van der Waals surface area contributed by atoms with Crippen molar-refractivity contribution < 1.29 is 19.5 Å². The van der Waals surface area contributed by atoms with E-state index in [0.717, 1.165) is 0 Å². The van der Waals surface area contributed by atoms with Crippen LogP contribution in [0.25, 0.3) is 0 Å². The molecule has 0 aromatic carbocycles. The zero-order valence-electron chi connectivity index (χ0n) is 13.3. The maximum atomic E-state index is 11.8. The summed E-state index contributed by atoms with van der Waals surface area (Å²) in [6.45, 7) is 0.584. The number of urea groups is 1. The van der Waals surface area contributed by atoms with E-state index in [9.17, 15) is 14.4 Å². The number of carbonyl (C=O) groups excluding carboxylic acids is 2. The molecule has 0 rings (SSSR count). The number of guanidine groups is 1. The predicted octanol–water partition coefficient (Wildman–Crippen LogP) is -3.11. The van der Waals surface area contributed by atoms with E-state index in [1.165, 1.54) is 0 Å². The van der Waals surface area contributed by atoms with Gasteiger partial charge in [0.1, 0.15) is 6.04 Å². The Hall–Kier alpha value is -2.60. The van der Waals surface area contributed by atoms with E-state index in [1.54, 1.807) is 0 Å². The third-order valence-electron chi connectivity index (χ3n) is 2.94. The summed E-state index contributed by atoms with van der Waals surface area (Å²) in [7, 11) is 0. The van der Waals surface area contributed by atoms with Crippen molar-refractivity contribution in [3.63, 3.8) is 0 Å². The highest BCUT2D eigenvalue weighted by Gasteiger charge is 2.19. The molecule has 0 saturated carbocycles. The van der Waals surface area contributed by atoms with Crippen LogP contribution in [0.15, 0.2) is 4.99 Å². The molecule has 0 heterocycles. The van der Waals surface area contributed by atoms with Gasteiger partial charge >= 0.3 is 12.0 Å². The average Bonchev–Trinajstić information content (AvgIpc) is 2.49. The molecule has 0 radical (unpaired) electrons. The number of carboxylic acids is 1. The third-order valence-corrected chi connectivity index (χ3v) is 2.94. The van der Waals surface area contributed by atoms with Crippen molar-refractivity contribution in [3.05, 3.63) is 0 Å². The lowest BCUT2D eigenvalue weighted by Crippen LogP contribution is -2.53. The molecule has 0 unspecified atom stereocenters. The first-order chi connectivity index (χ1) is 11.2. The van der Waals surface area contributed by atoms with Gasteiger partial charge in [-0.05, 0) is 25.7 Å². The van der Waals surface area contributed by atoms with Gasteiger partial charge in [0.15, 0.2) is 5.96 Å². The first-order valence-corrected chi connectivity index (χ1v) is 7.36. The summed E-state index contributed by atoms with van der Waals surface area (Å²) in [5.74, 6) is -1.75. The Bertz CT molecular complexity index is 452. The second kappa shape index (κ2) is 11.9. The maximum absolute atomic E-state index is 11.8. The van der Waals surface area contributed by atoms with Crippen LogP contribution in [0.5, 0.6) is 0 Å². The summed E-state index contributed by atoms with van der Waals surface area (Å²) >= 11 is 0. The van der Waals surface area contributed by atoms with Crippen molar-refractivity contribution in [2.75, 3.05) is 13.1 Å². The van der Waals surface area contributed by atoms with Gasteiger partial charge in [-0.25, -0.2) is 10.2 Å². The van der Waals surface area contributed by atoms with Crippen LogP contribution in [0.3, 0.4) is 0 Å². The molecular weight excluding hydrogens is 320 g/mol. The number of carboxylic acid groups (broad SMARTS) is 1. The number of nitrogens with one attached hydrogen (secondary N) is 3. The highest BCUT2D eigenvalue weighted by atomic mass is 16.4. The van der Waals surface area contributed by atoms with Gasteiger partial charge in [-0.2, -0.15) is 0 Å². The topological polar surface area (TPSA) is 224 Å². The van der Waals surface area contributed by atoms with Gasteiger partial charge in [0.25, 0.3) is 5.91 Å². The van der Waals surface area contributed by atoms with Gasteiger partial charge in [0.2, 0.25) is 0 Å². The number of aliphatic carboxylic acids is 1. The van der Waals surface area contributed by atoms with Gasteiger partial charge in [-0.3, -0.25) is 20.0 Å². The first-order valence-electron chi connectivity index (χ1n) is 7.36. The van der Waals surface area contributed by atoms with E-state index in [2.05, 4.69) is 21.2 Å². The molecular formula is C12H26N8O4. The molecule has 0 aliphatic carbocycles. The molecule has 0 aromatic heterocycles. The quantitative estimate of drug-likeness (QED) is 0.0779. The average molecular weight is 346 g/mol. The van der Waals surface area contributed by atoms with Crippen molar-refractivity contribution in [1.82, 2.24) is 16.2 Å².